The Hall–Kier alpha value is -1.45. The van der Waals surface area contributed by atoms with Crippen molar-refractivity contribution >= 4 is 17.7 Å². The molecule has 2 aliphatic rings. The molecule has 2 aliphatic heterocycles. The second-order valence-electron chi connectivity index (χ2n) is 6.57. The minimum atomic E-state index is -4.74. The lowest BCUT2D eigenvalue weighted by Gasteiger charge is -2.35. The van der Waals surface area contributed by atoms with Gasteiger partial charge in [-0.2, -0.15) is 11.8 Å². The summed E-state index contributed by atoms with van der Waals surface area (Å²) in [5.41, 5.74) is 0.378. The van der Waals surface area contributed by atoms with E-state index in [4.69, 9.17) is 4.74 Å². The van der Waals surface area contributed by atoms with Gasteiger partial charge in [-0.25, -0.2) is 0 Å². The van der Waals surface area contributed by atoms with Crippen molar-refractivity contribution in [2.45, 2.75) is 18.8 Å². The number of carbonyl (C=O) groups is 1. The number of nitrogens with zero attached hydrogens (tertiary/aromatic N) is 2. The van der Waals surface area contributed by atoms with Gasteiger partial charge in [0.25, 0.3) is 5.91 Å². The average molecular weight is 404 g/mol. The molecule has 0 aliphatic carbocycles. The molecule has 150 valence electrons. The molecule has 2 saturated heterocycles. The predicted octanol–water partition coefficient (Wildman–Crippen LogP) is 2.87. The normalized spacial score (nSPS) is 22.3. The molecule has 0 bridgehead atoms. The second kappa shape index (κ2) is 9.16. The Kier molecular flexibility index (Phi) is 6.88. The number of morpholine rings is 1. The summed E-state index contributed by atoms with van der Waals surface area (Å²) in [5, 5.41) is 0. The molecule has 1 aromatic rings. The van der Waals surface area contributed by atoms with Crippen LogP contribution in [0.5, 0.6) is 5.75 Å². The van der Waals surface area contributed by atoms with Gasteiger partial charge in [0.1, 0.15) is 5.75 Å². The first-order valence-electron chi connectivity index (χ1n) is 8.97. The van der Waals surface area contributed by atoms with Crippen LogP contribution in [0.2, 0.25) is 0 Å². The molecule has 0 N–H and O–H groups in total. The zero-order valence-electron chi connectivity index (χ0n) is 14.9. The predicted molar refractivity (Wildman–Crippen MR) is 97.2 cm³/mol. The van der Waals surface area contributed by atoms with Crippen LogP contribution in [-0.2, 0) is 4.74 Å². The summed E-state index contributed by atoms with van der Waals surface area (Å²) in [7, 11) is 0. The van der Waals surface area contributed by atoms with Crippen LogP contribution < -0.4 is 4.74 Å². The van der Waals surface area contributed by atoms with Gasteiger partial charge in [0.05, 0.1) is 19.3 Å². The Balaban J connectivity index is 1.69. The first-order chi connectivity index (χ1) is 12.9. The number of carbonyl (C=O) groups excluding carboxylic acids is 1. The van der Waals surface area contributed by atoms with E-state index in [1.165, 1.54) is 24.3 Å². The van der Waals surface area contributed by atoms with E-state index in [1.807, 2.05) is 16.7 Å². The monoisotopic (exact) mass is 404 g/mol. The third-order valence-corrected chi connectivity index (χ3v) is 5.80. The molecule has 3 rings (SSSR count). The lowest BCUT2D eigenvalue weighted by molar-refractivity contribution is -0.274. The van der Waals surface area contributed by atoms with E-state index in [-0.39, 0.29) is 17.7 Å². The largest absolute Gasteiger partial charge is 0.573 e. The summed E-state index contributed by atoms with van der Waals surface area (Å²) in [4.78, 5) is 17.2. The quantitative estimate of drug-likeness (QED) is 0.772. The molecule has 1 atom stereocenters. The molecule has 1 amide bonds. The highest BCUT2D eigenvalue weighted by Gasteiger charge is 2.32. The molecular weight excluding hydrogens is 381 g/mol. The summed E-state index contributed by atoms with van der Waals surface area (Å²) >= 11 is 1.84. The highest BCUT2D eigenvalue weighted by atomic mass is 32.2. The molecule has 2 heterocycles. The molecule has 1 aromatic carbocycles. The van der Waals surface area contributed by atoms with Gasteiger partial charge in [0.2, 0.25) is 0 Å². The Morgan fingerprint density at radius 2 is 1.89 bits per heavy atom. The van der Waals surface area contributed by atoms with Gasteiger partial charge in [-0.05, 0) is 36.4 Å². The number of hydrogen-bond donors (Lipinski definition) is 0. The van der Waals surface area contributed by atoms with Crippen molar-refractivity contribution in [3.05, 3.63) is 29.8 Å². The molecular formula is C18H23F3N2O3S. The Labute approximate surface area is 160 Å². The molecule has 5 nitrogen and oxygen atoms in total. The van der Waals surface area contributed by atoms with Crippen LogP contribution >= 0.6 is 11.8 Å². The van der Waals surface area contributed by atoms with E-state index in [1.54, 1.807) is 0 Å². The minimum absolute atomic E-state index is 0.0780. The van der Waals surface area contributed by atoms with Gasteiger partial charge < -0.3 is 14.4 Å². The first kappa shape index (κ1) is 20.3. The van der Waals surface area contributed by atoms with Gasteiger partial charge in [-0.1, -0.05) is 0 Å². The number of alkyl halides is 3. The minimum Gasteiger partial charge on any atom is -0.406 e. The fourth-order valence-corrected chi connectivity index (χ4v) is 4.35. The number of thioether (sulfide) groups is 1. The number of hydrogen-bond acceptors (Lipinski definition) is 5. The molecule has 0 spiro atoms. The third kappa shape index (κ3) is 6.02. The van der Waals surface area contributed by atoms with Crippen molar-refractivity contribution in [1.82, 2.24) is 9.80 Å². The SMILES string of the molecule is O=C(c1ccc(OC(F)(F)F)cc1)N1CCCSC[C@@H]1CN1CCOCC1. The highest BCUT2D eigenvalue weighted by Crippen LogP contribution is 2.24. The molecule has 9 heteroatoms. The maximum atomic E-state index is 13.0. The molecule has 0 radical (unpaired) electrons. The molecule has 0 aromatic heterocycles. The van der Waals surface area contributed by atoms with Crippen LogP contribution in [0.15, 0.2) is 24.3 Å². The number of ether oxygens (including phenoxy) is 2. The fraction of sp³-hybridized carbons (Fsp3) is 0.611. The van der Waals surface area contributed by atoms with Crippen molar-refractivity contribution < 1.29 is 27.4 Å². The van der Waals surface area contributed by atoms with Crippen molar-refractivity contribution in [3.63, 3.8) is 0 Å². The van der Waals surface area contributed by atoms with Gasteiger partial charge in [-0.3, -0.25) is 9.69 Å². The summed E-state index contributed by atoms with van der Waals surface area (Å²) in [5.74, 6) is 1.39. The Morgan fingerprint density at radius 1 is 1.19 bits per heavy atom. The standard InChI is InChI=1S/C18H23F3N2O3S/c19-18(20,21)26-16-4-2-14(3-5-16)17(24)23-6-1-11-27-13-15(23)12-22-7-9-25-10-8-22/h2-5,15H,1,6-13H2/t15-/m0/s1. The van der Waals surface area contributed by atoms with E-state index >= 15 is 0 Å². The van der Waals surface area contributed by atoms with Gasteiger partial charge in [-0.15, -0.1) is 13.2 Å². The van der Waals surface area contributed by atoms with Crippen molar-refractivity contribution in [2.75, 3.05) is 50.9 Å². The van der Waals surface area contributed by atoms with E-state index in [2.05, 4.69) is 9.64 Å². The number of amides is 1. The summed E-state index contributed by atoms with van der Waals surface area (Å²) in [6.07, 6.45) is -3.83. The Morgan fingerprint density at radius 3 is 2.56 bits per heavy atom. The van der Waals surface area contributed by atoms with E-state index in [9.17, 15) is 18.0 Å². The number of benzene rings is 1. The van der Waals surface area contributed by atoms with E-state index in [0.717, 1.165) is 37.6 Å². The Bertz CT molecular complexity index is 621. The van der Waals surface area contributed by atoms with Crippen LogP contribution in [0, 0.1) is 0 Å². The van der Waals surface area contributed by atoms with Crippen LogP contribution in [0.25, 0.3) is 0 Å². The van der Waals surface area contributed by atoms with Gasteiger partial charge in [0, 0.05) is 37.5 Å². The topological polar surface area (TPSA) is 42.0 Å². The first-order valence-corrected chi connectivity index (χ1v) is 10.1. The van der Waals surface area contributed by atoms with Gasteiger partial charge >= 0.3 is 6.36 Å². The van der Waals surface area contributed by atoms with Crippen LogP contribution in [-0.4, -0.2) is 79.0 Å². The zero-order chi connectivity index (χ0) is 19.3. The van der Waals surface area contributed by atoms with Crippen LogP contribution in [0.4, 0.5) is 13.2 Å². The highest BCUT2D eigenvalue weighted by molar-refractivity contribution is 7.99. The lowest BCUT2D eigenvalue weighted by atomic mass is 10.1. The van der Waals surface area contributed by atoms with E-state index in [0.29, 0.717) is 25.3 Å². The summed E-state index contributed by atoms with van der Waals surface area (Å²) in [6.45, 7) is 4.56. The van der Waals surface area contributed by atoms with E-state index < -0.39 is 6.36 Å². The van der Waals surface area contributed by atoms with Crippen molar-refractivity contribution in [3.8, 4) is 5.75 Å². The van der Waals surface area contributed by atoms with Crippen LogP contribution in [0.3, 0.4) is 0 Å². The fourth-order valence-electron chi connectivity index (χ4n) is 3.29. The van der Waals surface area contributed by atoms with Crippen LogP contribution in [0.1, 0.15) is 16.8 Å². The third-order valence-electron chi connectivity index (χ3n) is 4.61. The average Bonchev–Trinajstić information content (AvgIpc) is 2.87. The van der Waals surface area contributed by atoms with Crippen molar-refractivity contribution in [1.29, 1.82) is 0 Å². The number of rotatable bonds is 4. The van der Waals surface area contributed by atoms with Gasteiger partial charge in [0.15, 0.2) is 0 Å². The maximum Gasteiger partial charge on any atom is 0.573 e. The summed E-state index contributed by atoms with van der Waals surface area (Å²) in [6, 6.07) is 5.24. The summed E-state index contributed by atoms with van der Waals surface area (Å²) < 4.78 is 46.2. The molecule has 27 heavy (non-hydrogen) atoms. The molecule has 2 fully saturated rings. The smallest absolute Gasteiger partial charge is 0.406 e. The number of halogens is 3. The van der Waals surface area contributed by atoms with Crippen molar-refractivity contribution in [2.24, 2.45) is 0 Å². The maximum absolute atomic E-state index is 13.0. The molecule has 0 saturated carbocycles. The zero-order valence-corrected chi connectivity index (χ0v) is 15.7. The lowest BCUT2D eigenvalue weighted by Crippen LogP contribution is -2.50. The molecule has 0 unspecified atom stereocenters. The second-order valence-corrected chi connectivity index (χ2v) is 7.72.